The van der Waals surface area contributed by atoms with Gasteiger partial charge in [-0.05, 0) is 31.2 Å². The van der Waals surface area contributed by atoms with Crippen LogP contribution in [0.5, 0.6) is 0 Å². The molecule has 1 aliphatic rings. The maximum Gasteiger partial charge on any atom is 0.0615 e. The Bertz CT molecular complexity index is 149. The fourth-order valence-corrected chi connectivity index (χ4v) is 2.07. The predicted molar refractivity (Wildman–Crippen MR) is 60.2 cm³/mol. The molecule has 1 saturated carbocycles. The van der Waals surface area contributed by atoms with Crippen molar-refractivity contribution in [3.8, 4) is 0 Å². The SMILES string of the molecule is CCC(C)COC1CCCCC1CN. The van der Waals surface area contributed by atoms with Crippen molar-refractivity contribution in [2.24, 2.45) is 17.6 Å². The molecular weight excluding hydrogens is 174 g/mol. The Morgan fingerprint density at radius 2 is 2.07 bits per heavy atom. The molecule has 0 aromatic rings. The third-order valence-corrected chi connectivity index (χ3v) is 3.43. The van der Waals surface area contributed by atoms with E-state index in [0.29, 0.717) is 17.9 Å². The molecule has 0 bridgehead atoms. The van der Waals surface area contributed by atoms with Gasteiger partial charge in [-0.1, -0.05) is 33.1 Å². The van der Waals surface area contributed by atoms with E-state index in [4.69, 9.17) is 10.5 Å². The molecule has 14 heavy (non-hydrogen) atoms. The topological polar surface area (TPSA) is 35.2 Å². The van der Waals surface area contributed by atoms with Crippen LogP contribution in [0.4, 0.5) is 0 Å². The summed E-state index contributed by atoms with van der Waals surface area (Å²) >= 11 is 0. The second-order valence-electron chi connectivity index (χ2n) is 4.67. The maximum absolute atomic E-state index is 5.96. The molecule has 1 aliphatic carbocycles. The van der Waals surface area contributed by atoms with Crippen LogP contribution < -0.4 is 5.73 Å². The van der Waals surface area contributed by atoms with Crippen LogP contribution in [0.3, 0.4) is 0 Å². The monoisotopic (exact) mass is 199 g/mol. The molecule has 1 rings (SSSR count). The first-order chi connectivity index (χ1) is 6.77. The quantitative estimate of drug-likeness (QED) is 0.738. The third kappa shape index (κ3) is 3.58. The highest BCUT2D eigenvalue weighted by molar-refractivity contribution is 4.76. The minimum Gasteiger partial charge on any atom is -0.378 e. The second kappa shape index (κ2) is 6.41. The standard InChI is InChI=1S/C12H25NO/c1-3-10(2)9-14-12-7-5-4-6-11(12)8-13/h10-12H,3-9,13H2,1-2H3. The van der Waals surface area contributed by atoms with Gasteiger partial charge in [0, 0.05) is 6.61 Å². The molecule has 0 aromatic carbocycles. The predicted octanol–water partition coefficient (Wildman–Crippen LogP) is 2.57. The van der Waals surface area contributed by atoms with E-state index in [1.54, 1.807) is 0 Å². The van der Waals surface area contributed by atoms with Crippen LogP contribution in [-0.2, 0) is 4.74 Å². The molecule has 0 heterocycles. The molecule has 0 aromatic heterocycles. The van der Waals surface area contributed by atoms with E-state index >= 15 is 0 Å². The average Bonchev–Trinajstić information content (AvgIpc) is 2.26. The smallest absolute Gasteiger partial charge is 0.0615 e. The minimum atomic E-state index is 0.447. The molecule has 2 N–H and O–H groups in total. The summed E-state index contributed by atoms with van der Waals surface area (Å²) in [6, 6.07) is 0. The van der Waals surface area contributed by atoms with Crippen LogP contribution in [0, 0.1) is 11.8 Å². The largest absolute Gasteiger partial charge is 0.378 e. The summed E-state index contributed by atoms with van der Waals surface area (Å²) in [5, 5.41) is 0. The summed E-state index contributed by atoms with van der Waals surface area (Å²) in [6.45, 7) is 6.18. The molecule has 0 aliphatic heterocycles. The van der Waals surface area contributed by atoms with E-state index in [1.807, 2.05) is 0 Å². The Balaban J connectivity index is 2.26. The van der Waals surface area contributed by atoms with Gasteiger partial charge in [-0.25, -0.2) is 0 Å². The van der Waals surface area contributed by atoms with E-state index in [-0.39, 0.29) is 0 Å². The van der Waals surface area contributed by atoms with Gasteiger partial charge >= 0.3 is 0 Å². The van der Waals surface area contributed by atoms with Crippen LogP contribution in [0.1, 0.15) is 46.0 Å². The lowest BCUT2D eigenvalue weighted by molar-refractivity contribution is -0.0224. The summed E-state index contributed by atoms with van der Waals surface area (Å²) < 4.78 is 5.96. The summed E-state index contributed by atoms with van der Waals surface area (Å²) in [5.74, 6) is 1.31. The van der Waals surface area contributed by atoms with Crippen LogP contribution in [-0.4, -0.2) is 19.3 Å². The van der Waals surface area contributed by atoms with Crippen LogP contribution in [0.2, 0.25) is 0 Å². The Morgan fingerprint density at radius 3 is 2.71 bits per heavy atom. The van der Waals surface area contributed by atoms with Crippen LogP contribution in [0.25, 0.3) is 0 Å². The number of rotatable bonds is 5. The van der Waals surface area contributed by atoms with Gasteiger partial charge in [0.1, 0.15) is 0 Å². The van der Waals surface area contributed by atoms with Crippen LogP contribution in [0.15, 0.2) is 0 Å². The molecule has 3 atom stereocenters. The summed E-state index contributed by atoms with van der Waals surface area (Å²) in [5.41, 5.74) is 5.75. The molecule has 0 radical (unpaired) electrons. The molecule has 2 nitrogen and oxygen atoms in total. The van der Waals surface area contributed by atoms with E-state index in [9.17, 15) is 0 Å². The molecule has 2 heteroatoms. The molecule has 0 amide bonds. The number of ether oxygens (including phenoxy) is 1. The Kier molecular flexibility index (Phi) is 5.49. The summed E-state index contributed by atoms with van der Waals surface area (Å²) in [6.07, 6.45) is 6.80. The molecular formula is C12H25NO. The van der Waals surface area contributed by atoms with Crippen molar-refractivity contribution < 1.29 is 4.74 Å². The zero-order valence-corrected chi connectivity index (χ0v) is 9.67. The van der Waals surface area contributed by atoms with E-state index in [1.165, 1.54) is 32.1 Å². The Labute approximate surface area is 88.2 Å². The summed E-state index contributed by atoms with van der Waals surface area (Å²) in [7, 11) is 0. The fourth-order valence-electron chi connectivity index (χ4n) is 2.07. The van der Waals surface area contributed by atoms with Gasteiger partial charge in [-0.3, -0.25) is 0 Å². The Morgan fingerprint density at radius 1 is 1.36 bits per heavy atom. The van der Waals surface area contributed by atoms with Crippen molar-refractivity contribution in [2.75, 3.05) is 13.2 Å². The molecule has 0 spiro atoms. The third-order valence-electron chi connectivity index (χ3n) is 3.43. The van der Waals surface area contributed by atoms with Crippen molar-refractivity contribution >= 4 is 0 Å². The van der Waals surface area contributed by atoms with Crippen molar-refractivity contribution in [2.45, 2.75) is 52.1 Å². The highest BCUT2D eigenvalue weighted by Gasteiger charge is 2.24. The summed E-state index contributed by atoms with van der Waals surface area (Å²) in [4.78, 5) is 0. The molecule has 84 valence electrons. The number of hydrogen-bond donors (Lipinski definition) is 1. The van der Waals surface area contributed by atoms with E-state index < -0.39 is 0 Å². The zero-order chi connectivity index (χ0) is 10.4. The van der Waals surface area contributed by atoms with Crippen molar-refractivity contribution in [3.63, 3.8) is 0 Å². The molecule has 1 fully saturated rings. The first-order valence-electron chi connectivity index (χ1n) is 6.09. The van der Waals surface area contributed by atoms with Gasteiger partial charge in [0.05, 0.1) is 6.10 Å². The van der Waals surface area contributed by atoms with E-state index in [0.717, 1.165) is 13.2 Å². The van der Waals surface area contributed by atoms with Gasteiger partial charge < -0.3 is 10.5 Å². The van der Waals surface area contributed by atoms with Gasteiger partial charge in [0.25, 0.3) is 0 Å². The lowest BCUT2D eigenvalue weighted by Crippen LogP contribution is -2.34. The zero-order valence-electron chi connectivity index (χ0n) is 9.67. The van der Waals surface area contributed by atoms with Gasteiger partial charge in [0.2, 0.25) is 0 Å². The number of nitrogens with two attached hydrogens (primary N) is 1. The number of hydrogen-bond acceptors (Lipinski definition) is 2. The highest BCUT2D eigenvalue weighted by Crippen LogP contribution is 2.26. The van der Waals surface area contributed by atoms with Gasteiger partial charge in [-0.15, -0.1) is 0 Å². The highest BCUT2D eigenvalue weighted by atomic mass is 16.5. The molecule has 0 saturated heterocycles. The first-order valence-corrected chi connectivity index (χ1v) is 6.09. The van der Waals surface area contributed by atoms with Gasteiger partial charge in [0.15, 0.2) is 0 Å². The average molecular weight is 199 g/mol. The lowest BCUT2D eigenvalue weighted by atomic mass is 9.86. The second-order valence-corrected chi connectivity index (χ2v) is 4.67. The fraction of sp³-hybridized carbons (Fsp3) is 1.00. The maximum atomic E-state index is 5.96. The van der Waals surface area contributed by atoms with Crippen molar-refractivity contribution in [3.05, 3.63) is 0 Å². The van der Waals surface area contributed by atoms with E-state index in [2.05, 4.69) is 13.8 Å². The van der Waals surface area contributed by atoms with Crippen LogP contribution >= 0.6 is 0 Å². The normalized spacial score (nSPS) is 30.2. The molecule has 3 unspecified atom stereocenters. The van der Waals surface area contributed by atoms with Crippen molar-refractivity contribution in [1.82, 2.24) is 0 Å². The van der Waals surface area contributed by atoms with Crippen molar-refractivity contribution in [1.29, 1.82) is 0 Å². The minimum absolute atomic E-state index is 0.447. The van der Waals surface area contributed by atoms with Gasteiger partial charge in [-0.2, -0.15) is 0 Å². The lowest BCUT2D eigenvalue weighted by Gasteiger charge is -2.31. The first kappa shape index (κ1) is 12.0. The Hall–Kier alpha value is -0.0800.